The lowest BCUT2D eigenvalue weighted by Crippen LogP contribution is -2.49. The Hall–Kier alpha value is -5.29. The zero-order valence-corrected chi connectivity index (χ0v) is 34.6. The van der Waals surface area contributed by atoms with Crippen LogP contribution < -0.4 is 22.7 Å². The van der Waals surface area contributed by atoms with E-state index in [0.717, 1.165) is 10.9 Å². The summed E-state index contributed by atoms with van der Waals surface area (Å²) in [5, 5.41) is 53.8. The Kier molecular flexibility index (Phi) is 12.8. The molecule has 1 aromatic carbocycles. The minimum Gasteiger partial charge on any atom is -0.388 e. The van der Waals surface area contributed by atoms with Crippen LogP contribution in [0.15, 0.2) is 46.9 Å². The first-order valence-corrected chi connectivity index (χ1v) is 21.5. The van der Waals surface area contributed by atoms with E-state index >= 15 is 0 Å². The van der Waals surface area contributed by atoms with Gasteiger partial charge in [-0.1, -0.05) is 0 Å². The Bertz CT molecular complexity index is 2860. The summed E-state index contributed by atoms with van der Waals surface area (Å²) >= 11 is 0. The molecule has 0 saturated carbocycles. The van der Waals surface area contributed by atoms with E-state index in [0.29, 0.717) is 16.8 Å². The number of imidazole rings is 2. The van der Waals surface area contributed by atoms with Crippen molar-refractivity contribution in [3.8, 4) is 11.5 Å². The Morgan fingerprint density at radius 2 is 1.71 bits per heavy atom. The molecule has 338 valence electrons. The minimum absolute atomic E-state index is 0.0156. The first-order chi connectivity index (χ1) is 29.7. The first-order valence-electron chi connectivity index (χ1n) is 18.5. The second-order valence-corrected chi connectivity index (χ2v) is 17.5. The molecule has 63 heavy (non-hydrogen) atoms. The van der Waals surface area contributed by atoms with E-state index in [-0.39, 0.29) is 39.0 Å². The number of phosphoric ester groups is 2. The number of rotatable bonds is 16. The standard InChI is InChI=1S/C33H40N12O16P2/c1-13-3-17-18(4-14(13)2)43(29-23(41-17)31(52)45(33(53)42-29)30(51)16(34)5-15-6-36-10-37-15)7-19(46)24(48)20(47)8-58-62(54,55)61-63(56,57)59-9-21-25(49)26(50)32(60-21)44-12-40-22-27(35)38-11-39-28(22)44/h3-4,6,10-12,16,19-21,24-26,32,46-50H,5,7-9,34H2,1-2H3,(H,36,37)(H,54,55)(H,56,57)(H2,35,38,39)/t16-,19-,20+,21+,24-,25+,26+,32+/m0/s1. The number of benzene rings is 1. The van der Waals surface area contributed by atoms with Gasteiger partial charge in [0.1, 0.15) is 48.5 Å². The Labute approximate surface area is 351 Å². The number of nitrogens with one attached hydrogen (secondary N) is 1. The second-order valence-electron chi connectivity index (χ2n) is 14.4. The highest BCUT2D eigenvalue weighted by atomic mass is 31.3. The van der Waals surface area contributed by atoms with Gasteiger partial charge < -0.3 is 61.1 Å². The molecule has 6 heterocycles. The normalized spacial score (nSPS) is 21.9. The number of hydrogen-bond acceptors (Lipinski definition) is 22. The van der Waals surface area contributed by atoms with Crippen LogP contribution in [-0.4, -0.2) is 146 Å². The average Bonchev–Trinajstić information content (AvgIpc) is 3.96. The van der Waals surface area contributed by atoms with Gasteiger partial charge in [0, 0.05) is 18.3 Å². The maximum atomic E-state index is 13.7. The van der Waals surface area contributed by atoms with Crippen molar-refractivity contribution in [3.05, 3.63) is 75.0 Å². The van der Waals surface area contributed by atoms with Gasteiger partial charge in [0.05, 0.1) is 49.5 Å². The van der Waals surface area contributed by atoms with Crippen LogP contribution in [-0.2, 0) is 40.2 Å². The summed E-state index contributed by atoms with van der Waals surface area (Å²) in [6.07, 6.45) is -7.73. The van der Waals surface area contributed by atoms with Crippen LogP contribution in [0.4, 0.5) is 5.82 Å². The van der Waals surface area contributed by atoms with E-state index in [2.05, 4.69) is 43.7 Å². The van der Waals surface area contributed by atoms with E-state index in [9.17, 15) is 58.8 Å². The quantitative estimate of drug-likeness (QED) is 0.0341. The van der Waals surface area contributed by atoms with E-state index in [1.54, 1.807) is 26.0 Å². The summed E-state index contributed by atoms with van der Waals surface area (Å²) in [5.74, 6) is -1.50. The highest BCUT2D eigenvalue weighted by Gasteiger charge is 2.46. The number of hydrogen-bond donors (Lipinski definition) is 10. The lowest BCUT2D eigenvalue weighted by Gasteiger charge is -2.26. The number of phosphoric acid groups is 2. The minimum atomic E-state index is -5.62. The lowest BCUT2D eigenvalue weighted by atomic mass is 10.1. The van der Waals surface area contributed by atoms with Gasteiger partial charge in [-0.3, -0.25) is 23.2 Å². The van der Waals surface area contributed by atoms with E-state index < -0.39 is 113 Å². The maximum absolute atomic E-state index is 13.7. The van der Waals surface area contributed by atoms with Gasteiger partial charge in [-0.25, -0.2) is 38.8 Å². The number of aryl methyl sites for hydroxylation is 2. The molecule has 4 aromatic rings. The number of aromatic amines is 1. The summed E-state index contributed by atoms with van der Waals surface area (Å²) in [5.41, 5.74) is 11.3. The van der Waals surface area contributed by atoms with Crippen molar-refractivity contribution in [2.75, 3.05) is 18.9 Å². The van der Waals surface area contributed by atoms with Crippen LogP contribution >= 0.6 is 15.6 Å². The molecular formula is C33H40N12O16P2. The highest BCUT2D eigenvalue weighted by molar-refractivity contribution is 7.61. The molecule has 3 aromatic heterocycles. The molecule has 28 nitrogen and oxygen atoms in total. The number of fused-ring (bicyclic) bond motifs is 3. The van der Waals surface area contributed by atoms with Crippen LogP contribution in [0.1, 0.15) is 27.8 Å². The third kappa shape index (κ3) is 9.35. The molecule has 12 N–H and O–H groups in total. The summed E-state index contributed by atoms with van der Waals surface area (Å²) in [7, 11) is -11.2. The SMILES string of the molecule is Cc1cc2nc3c(=O)n(C(=O)[C@@H](N)Cc4cnc[nH]4)c(=O)nc-3n(C[C@H](O)[C@H](O)[C@H](O)COP(=O)(O)OP(=O)(O)OC[C@H]3O[C@@H](n4cnc5c(N)ncnc54)[C@H](O)[C@@H]3O)c2cc1C. The number of carbonyl (C=O) groups is 1. The highest BCUT2D eigenvalue weighted by Crippen LogP contribution is 2.60. The molecule has 30 heteroatoms. The van der Waals surface area contributed by atoms with Gasteiger partial charge >= 0.3 is 21.3 Å². The Balaban J connectivity index is 1.01. The number of aliphatic hydroxyl groups is 5. The third-order valence-corrected chi connectivity index (χ3v) is 12.7. The van der Waals surface area contributed by atoms with Gasteiger partial charge in [-0.05, 0) is 37.1 Å². The predicted molar refractivity (Wildman–Crippen MR) is 211 cm³/mol. The summed E-state index contributed by atoms with van der Waals surface area (Å²) < 4.78 is 47.1. The third-order valence-electron chi connectivity index (χ3n) is 10.1. The molecule has 0 spiro atoms. The van der Waals surface area contributed by atoms with Crippen LogP contribution in [0, 0.1) is 13.8 Å². The maximum Gasteiger partial charge on any atom is 0.481 e. The van der Waals surface area contributed by atoms with E-state index in [1.807, 2.05) is 0 Å². The van der Waals surface area contributed by atoms with Crippen molar-refractivity contribution >= 4 is 49.6 Å². The van der Waals surface area contributed by atoms with Crippen molar-refractivity contribution in [2.24, 2.45) is 5.73 Å². The summed E-state index contributed by atoms with van der Waals surface area (Å²) in [4.78, 5) is 87.4. The van der Waals surface area contributed by atoms with Crippen LogP contribution in [0.3, 0.4) is 0 Å². The monoisotopic (exact) mass is 922 g/mol. The zero-order chi connectivity index (χ0) is 45.7. The van der Waals surface area contributed by atoms with Crippen molar-refractivity contribution in [3.63, 3.8) is 0 Å². The molecule has 10 atom stereocenters. The fourth-order valence-corrected chi connectivity index (χ4v) is 8.77. The van der Waals surface area contributed by atoms with E-state index in [1.165, 1.54) is 23.4 Å². The molecular weight excluding hydrogens is 882 g/mol. The number of ether oxygens (including phenoxy) is 1. The van der Waals surface area contributed by atoms with Crippen LogP contribution in [0.5, 0.6) is 0 Å². The largest absolute Gasteiger partial charge is 0.481 e. The number of carbonyl (C=O) groups excluding carboxylic acids is 1. The summed E-state index contributed by atoms with van der Waals surface area (Å²) in [6, 6.07) is 1.79. The molecule has 0 radical (unpaired) electrons. The first kappa shape index (κ1) is 45.7. The van der Waals surface area contributed by atoms with Gasteiger partial charge in [0.2, 0.25) is 0 Å². The molecule has 1 saturated heterocycles. The second kappa shape index (κ2) is 17.7. The predicted octanol–water partition coefficient (Wildman–Crippen LogP) is -3.02. The molecule has 7 rings (SSSR count). The Morgan fingerprint density at radius 1 is 1.00 bits per heavy atom. The fourth-order valence-electron chi connectivity index (χ4n) is 6.68. The Morgan fingerprint density at radius 3 is 2.43 bits per heavy atom. The fraction of sp³-hybridized carbons (Fsp3) is 0.424. The molecule has 0 amide bonds. The van der Waals surface area contributed by atoms with Crippen molar-refractivity contribution in [1.29, 1.82) is 0 Å². The van der Waals surface area contributed by atoms with Crippen LogP contribution in [0.2, 0.25) is 0 Å². The van der Waals surface area contributed by atoms with E-state index in [4.69, 9.17) is 20.7 Å². The molecule has 1 fully saturated rings. The van der Waals surface area contributed by atoms with Crippen molar-refractivity contribution in [2.45, 2.75) is 75.7 Å². The van der Waals surface area contributed by atoms with Crippen molar-refractivity contribution < 1.29 is 67.3 Å². The zero-order valence-electron chi connectivity index (χ0n) is 32.8. The topological polar surface area (TPSA) is 424 Å². The molecule has 3 aliphatic rings. The smallest absolute Gasteiger partial charge is 0.388 e. The number of aliphatic hydroxyl groups excluding tert-OH is 5. The lowest BCUT2D eigenvalue weighted by molar-refractivity contribution is -0.0794. The number of H-pyrrole nitrogens is 1. The van der Waals surface area contributed by atoms with Gasteiger partial charge in [-0.15, -0.1) is 0 Å². The van der Waals surface area contributed by atoms with Crippen molar-refractivity contribution in [1.82, 2.24) is 48.6 Å². The summed E-state index contributed by atoms with van der Waals surface area (Å²) in [6.45, 7) is 0.479. The molecule has 0 aliphatic carbocycles. The number of nitrogens with two attached hydrogens (primary N) is 2. The van der Waals surface area contributed by atoms with Crippen LogP contribution in [0.25, 0.3) is 33.7 Å². The molecule has 2 unspecified atom stereocenters. The number of nitrogen functional groups attached to an aromatic ring is 1. The molecule has 0 bridgehead atoms. The number of nitrogens with zero attached hydrogens (tertiary/aromatic N) is 9. The molecule has 3 aliphatic heterocycles. The number of aromatic nitrogens is 10. The van der Waals surface area contributed by atoms with Gasteiger partial charge in [-0.2, -0.15) is 13.9 Å². The number of anilines is 1. The van der Waals surface area contributed by atoms with Gasteiger partial charge in [0.15, 0.2) is 29.2 Å². The van der Waals surface area contributed by atoms with Gasteiger partial charge in [0.25, 0.3) is 11.5 Å². The average molecular weight is 923 g/mol.